The van der Waals surface area contributed by atoms with Gasteiger partial charge in [-0.15, -0.1) is 0 Å². The van der Waals surface area contributed by atoms with Crippen molar-refractivity contribution < 1.29 is 4.74 Å². The van der Waals surface area contributed by atoms with Gasteiger partial charge < -0.3 is 4.74 Å². The fourth-order valence-electron chi connectivity index (χ4n) is 3.11. The molecule has 0 saturated carbocycles. The Kier molecular flexibility index (Phi) is 5.87. The van der Waals surface area contributed by atoms with Crippen LogP contribution in [0.2, 0.25) is 0 Å². The minimum absolute atomic E-state index is 0.711. The number of hydrogen-bond acceptors (Lipinski definition) is 3. The third-order valence-electron chi connectivity index (χ3n) is 4.21. The SMILES string of the molecule is CCN(CC)C1CCN(Cc2cc(Br)ccc2OC)C1. The number of hydrogen-bond donors (Lipinski definition) is 0. The fourth-order valence-corrected chi connectivity index (χ4v) is 3.51. The van der Waals surface area contributed by atoms with Gasteiger partial charge in [0.25, 0.3) is 0 Å². The molecule has 1 unspecified atom stereocenters. The minimum atomic E-state index is 0.711. The Bertz CT molecular complexity index is 434. The molecule has 0 radical (unpaired) electrons. The summed E-state index contributed by atoms with van der Waals surface area (Å²) in [5.74, 6) is 0.986. The molecular weight excluding hydrogens is 316 g/mol. The summed E-state index contributed by atoms with van der Waals surface area (Å²) in [5.41, 5.74) is 1.27. The van der Waals surface area contributed by atoms with Crippen LogP contribution in [0.5, 0.6) is 5.75 Å². The van der Waals surface area contributed by atoms with Gasteiger partial charge in [-0.3, -0.25) is 9.80 Å². The molecule has 1 aromatic carbocycles. The van der Waals surface area contributed by atoms with Crippen LogP contribution in [0.3, 0.4) is 0 Å². The molecule has 0 N–H and O–H groups in total. The van der Waals surface area contributed by atoms with E-state index in [2.05, 4.69) is 45.6 Å². The van der Waals surface area contributed by atoms with E-state index in [1.54, 1.807) is 7.11 Å². The molecule has 1 fully saturated rings. The molecule has 1 atom stereocenters. The summed E-state index contributed by atoms with van der Waals surface area (Å²) in [7, 11) is 1.75. The second kappa shape index (κ2) is 7.43. The molecule has 0 amide bonds. The van der Waals surface area contributed by atoms with Crippen molar-refractivity contribution in [1.29, 1.82) is 0 Å². The zero-order valence-corrected chi connectivity index (χ0v) is 14.3. The largest absolute Gasteiger partial charge is 0.496 e. The van der Waals surface area contributed by atoms with Crippen molar-refractivity contribution in [3.8, 4) is 5.75 Å². The van der Waals surface area contributed by atoms with Crippen molar-refractivity contribution in [2.24, 2.45) is 0 Å². The lowest BCUT2D eigenvalue weighted by Crippen LogP contribution is -2.37. The number of benzene rings is 1. The van der Waals surface area contributed by atoms with Gasteiger partial charge in [0.15, 0.2) is 0 Å². The summed E-state index contributed by atoms with van der Waals surface area (Å²) in [6.45, 7) is 10.1. The van der Waals surface area contributed by atoms with E-state index >= 15 is 0 Å². The summed E-state index contributed by atoms with van der Waals surface area (Å²) in [5, 5.41) is 0. The minimum Gasteiger partial charge on any atom is -0.496 e. The lowest BCUT2D eigenvalue weighted by Gasteiger charge is -2.26. The molecule has 0 aliphatic carbocycles. The first-order valence-electron chi connectivity index (χ1n) is 7.46. The monoisotopic (exact) mass is 340 g/mol. The number of methoxy groups -OCH3 is 1. The highest BCUT2D eigenvalue weighted by Crippen LogP contribution is 2.26. The molecule has 112 valence electrons. The molecule has 20 heavy (non-hydrogen) atoms. The predicted molar refractivity (Wildman–Crippen MR) is 87.3 cm³/mol. The van der Waals surface area contributed by atoms with E-state index in [1.165, 1.54) is 18.5 Å². The molecule has 1 saturated heterocycles. The smallest absolute Gasteiger partial charge is 0.123 e. The summed E-state index contributed by atoms with van der Waals surface area (Å²) >= 11 is 3.55. The van der Waals surface area contributed by atoms with E-state index in [9.17, 15) is 0 Å². The van der Waals surface area contributed by atoms with Crippen LogP contribution in [-0.4, -0.2) is 49.1 Å². The van der Waals surface area contributed by atoms with E-state index in [-0.39, 0.29) is 0 Å². The molecule has 0 aromatic heterocycles. The van der Waals surface area contributed by atoms with Gasteiger partial charge in [-0.05, 0) is 37.7 Å². The van der Waals surface area contributed by atoms with Crippen molar-refractivity contribution in [2.75, 3.05) is 33.3 Å². The molecule has 1 aromatic rings. The van der Waals surface area contributed by atoms with Gasteiger partial charge in [-0.25, -0.2) is 0 Å². The zero-order chi connectivity index (χ0) is 14.5. The lowest BCUT2D eigenvalue weighted by atomic mass is 10.2. The van der Waals surface area contributed by atoms with Gasteiger partial charge in [0.05, 0.1) is 7.11 Å². The Labute approximate surface area is 131 Å². The van der Waals surface area contributed by atoms with Crippen molar-refractivity contribution in [3.05, 3.63) is 28.2 Å². The Hall–Kier alpha value is -0.580. The Morgan fingerprint density at radius 1 is 1.35 bits per heavy atom. The number of likely N-dealkylation sites (tertiary alicyclic amines) is 1. The van der Waals surface area contributed by atoms with Crippen LogP contribution >= 0.6 is 15.9 Å². The average molecular weight is 341 g/mol. The van der Waals surface area contributed by atoms with Gasteiger partial charge >= 0.3 is 0 Å². The normalized spacial score (nSPS) is 19.8. The second-order valence-electron chi connectivity index (χ2n) is 5.35. The number of rotatable bonds is 6. The van der Waals surface area contributed by atoms with Crippen LogP contribution in [-0.2, 0) is 6.54 Å². The lowest BCUT2D eigenvalue weighted by molar-refractivity contribution is 0.208. The maximum Gasteiger partial charge on any atom is 0.123 e. The van der Waals surface area contributed by atoms with Gasteiger partial charge in [-0.2, -0.15) is 0 Å². The first-order chi connectivity index (χ1) is 9.67. The van der Waals surface area contributed by atoms with E-state index in [0.29, 0.717) is 6.04 Å². The van der Waals surface area contributed by atoms with Gasteiger partial charge in [0, 0.05) is 35.7 Å². The molecule has 0 spiro atoms. The van der Waals surface area contributed by atoms with Crippen molar-refractivity contribution in [1.82, 2.24) is 9.80 Å². The zero-order valence-electron chi connectivity index (χ0n) is 12.7. The van der Waals surface area contributed by atoms with Crippen LogP contribution in [0.1, 0.15) is 25.8 Å². The third-order valence-corrected chi connectivity index (χ3v) is 4.71. The van der Waals surface area contributed by atoms with Crippen LogP contribution in [0.4, 0.5) is 0 Å². The quantitative estimate of drug-likeness (QED) is 0.789. The number of halogens is 1. The van der Waals surface area contributed by atoms with Crippen LogP contribution in [0, 0.1) is 0 Å². The summed E-state index contributed by atoms with van der Waals surface area (Å²) in [6.07, 6.45) is 1.28. The van der Waals surface area contributed by atoms with Crippen molar-refractivity contribution >= 4 is 15.9 Å². The summed E-state index contributed by atoms with van der Waals surface area (Å²) < 4.78 is 6.59. The van der Waals surface area contributed by atoms with E-state index in [0.717, 1.165) is 36.4 Å². The van der Waals surface area contributed by atoms with Crippen LogP contribution in [0.25, 0.3) is 0 Å². The van der Waals surface area contributed by atoms with Crippen molar-refractivity contribution in [3.63, 3.8) is 0 Å². The molecular formula is C16H25BrN2O. The topological polar surface area (TPSA) is 15.7 Å². The molecule has 1 heterocycles. The van der Waals surface area contributed by atoms with Crippen LogP contribution in [0.15, 0.2) is 22.7 Å². The summed E-state index contributed by atoms with van der Waals surface area (Å²) in [4.78, 5) is 5.10. The number of nitrogens with zero attached hydrogens (tertiary/aromatic N) is 2. The maximum absolute atomic E-state index is 5.47. The fraction of sp³-hybridized carbons (Fsp3) is 0.625. The maximum atomic E-state index is 5.47. The highest BCUT2D eigenvalue weighted by atomic mass is 79.9. The molecule has 4 heteroatoms. The highest BCUT2D eigenvalue weighted by Gasteiger charge is 2.26. The van der Waals surface area contributed by atoms with Crippen molar-refractivity contribution in [2.45, 2.75) is 32.9 Å². The second-order valence-corrected chi connectivity index (χ2v) is 6.27. The third kappa shape index (κ3) is 3.74. The Balaban J connectivity index is 2.00. The standard InChI is InChI=1S/C16H25BrN2O/c1-4-19(5-2)15-8-9-18(12-15)11-13-10-14(17)6-7-16(13)20-3/h6-7,10,15H,4-5,8-9,11-12H2,1-3H3. The predicted octanol–water partition coefficient (Wildman–Crippen LogP) is 3.37. The Morgan fingerprint density at radius 2 is 2.10 bits per heavy atom. The van der Waals surface area contributed by atoms with E-state index in [1.807, 2.05) is 12.1 Å². The number of likely N-dealkylation sites (N-methyl/N-ethyl adjacent to an activating group) is 1. The van der Waals surface area contributed by atoms with Gasteiger partial charge in [0.2, 0.25) is 0 Å². The van der Waals surface area contributed by atoms with E-state index in [4.69, 9.17) is 4.74 Å². The molecule has 3 nitrogen and oxygen atoms in total. The molecule has 0 bridgehead atoms. The first kappa shape index (κ1) is 15.8. The Morgan fingerprint density at radius 3 is 2.75 bits per heavy atom. The van der Waals surface area contributed by atoms with Gasteiger partial charge in [0.1, 0.15) is 5.75 Å². The van der Waals surface area contributed by atoms with E-state index < -0.39 is 0 Å². The molecule has 1 aliphatic heterocycles. The summed E-state index contributed by atoms with van der Waals surface area (Å²) in [6, 6.07) is 6.95. The first-order valence-corrected chi connectivity index (χ1v) is 8.26. The van der Waals surface area contributed by atoms with Gasteiger partial charge in [-0.1, -0.05) is 29.8 Å². The molecule has 2 rings (SSSR count). The number of ether oxygens (including phenoxy) is 1. The highest BCUT2D eigenvalue weighted by molar-refractivity contribution is 9.10. The molecule has 1 aliphatic rings. The average Bonchev–Trinajstić information content (AvgIpc) is 2.89. The van der Waals surface area contributed by atoms with Crippen LogP contribution < -0.4 is 4.74 Å².